The third kappa shape index (κ3) is 4.12. The molecular formula is C24H28N8O2. The number of benzene rings is 1. The minimum atomic E-state index is -0.356. The van der Waals surface area contributed by atoms with E-state index in [1.807, 2.05) is 6.20 Å². The van der Waals surface area contributed by atoms with Crippen LogP contribution in [0.4, 0.5) is 5.95 Å². The number of hydrazine groups is 1. The number of nitrogens with one attached hydrogen (secondary N) is 1. The highest BCUT2D eigenvalue weighted by atomic mass is 16.5. The molecule has 2 aromatic heterocycles. The summed E-state index contributed by atoms with van der Waals surface area (Å²) in [6.07, 6.45) is 7.55. The number of hydrogen-bond acceptors (Lipinski definition) is 9. The van der Waals surface area contributed by atoms with Gasteiger partial charge in [0.2, 0.25) is 11.9 Å². The smallest absolute Gasteiger partial charge is 0.256 e. The fourth-order valence-corrected chi connectivity index (χ4v) is 4.25. The molecule has 0 saturated heterocycles. The van der Waals surface area contributed by atoms with Crippen LogP contribution in [0.5, 0.6) is 0 Å². The molecule has 1 aliphatic heterocycles. The SMILES string of the molecule is CN(C)C(=O)CN1C=C(c2nc(C(C)(c3ccc(-c4cnc(N)nc4)cc3)C3CC3)no2)CN1. The van der Waals surface area contributed by atoms with Crippen LogP contribution >= 0.6 is 0 Å². The Morgan fingerprint density at radius 2 is 1.91 bits per heavy atom. The molecule has 0 radical (unpaired) electrons. The van der Waals surface area contributed by atoms with Crippen LogP contribution in [-0.4, -0.2) is 63.1 Å². The summed E-state index contributed by atoms with van der Waals surface area (Å²) < 4.78 is 5.68. The van der Waals surface area contributed by atoms with E-state index in [0.717, 1.165) is 35.1 Å². The van der Waals surface area contributed by atoms with Crippen LogP contribution < -0.4 is 11.2 Å². The van der Waals surface area contributed by atoms with Gasteiger partial charge in [-0.3, -0.25) is 4.79 Å². The number of carbonyl (C=O) groups is 1. The number of carbonyl (C=O) groups excluding carboxylic acids is 1. The monoisotopic (exact) mass is 460 g/mol. The van der Waals surface area contributed by atoms with E-state index in [-0.39, 0.29) is 23.8 Å². The third-order valence-electron chi connectivity index (χ3n) is 6.64. The molecule has 176 valence electrons. The van der Waals surface area contributed by atoms with E-state index in [4.69, 9.17) is 15.2 Å². The molecule has 1 saturated carbocycles. The lowest BCUT2D eigenvalue weighted by atomic mass is 9.76. The van der Waals surface area contributed by atoms with Crippen molar-refractivity contribution in [2.75, 3.05) is 32.9 Å². The Balaban J connectivity index is 1.39. The molecule has 10 heteroatoms. The molecule has 1 amide bonds. The molecule has 3 aromatic rings. The van der Waals surface area contributed by atoms with Crippen LogP contribution in [0.3, 0.4) is 0 Å². The number of amides is 1. The van der Waals surface area contributed by atoms with Gasteiger partial charge in [-0.25, -0.2) is 15.4 Å². The second-order valence-electron chi connectivity index (χ2n) is 9.21. The van der Waals surface area contributed by atoms with Crippen LogP contribution in [-0.2, 0) is 10.2 Å². The van der Waals surface area contributed by atoms with Gasteiger partial charge in [0.1, 0.15) is 6.54 Å². The number of nitrogens with zero attached hydrogens (tertiary/aromatic N) is 6. The van der Waals surface area contributed by atoms with Gasteiger partial charge in [0.25, 0.3) is 5.89 Å². The molecule has 5 rings (SSSR count). The molecule has 34 heavy (non-hydrogen) atoms. The number of nitrogen functional groups attached to an aromatic ring is 1. The van der Waals surface area contributed by atoms with Gasteiger partial charge >= 0.3 is 0 Å². The molecule has 2 aliphatic rings. The molecule has 1 unspecified atom stereocenters. The molecule has 1 aliphatic carbocycles. The highest BCUT2D eigenvalue weighted by molar-refractivity contribution is 5.78. The average molecular weight is 461 g/mol. The molecule has 10 nitrogen and oxygen atoms in total. The number of nitrogens with two attached hydrogens (primary N) is 1. The van der Waals surface area contributed by atoms with E-state index < -0.39 is 0 Å². The fraction of sp³-hybridized carbons (Fsp3) is 0.375. The van der Waals surface area contributed by atoms with Crippen molar-refractivity contribution in [3.8, 4) is 11.1 Å². The van der Waals surface area contributed by atoms with E-state index >= 15 is 0 Å². The second-order valence-corrected chi connectivity index (χ2v) is 9.21. The summed E-state index contributed by atoms with van der Waals surface area (Å²) in [5.41, 5.74) is 12.4. The van der Waals surface area contributed by atoms with E-state index in [1.54, 1.807) is 36.4 Å². The van der Waals surface area contributed by atoms with E-state index in [9.17, 15) is 4.79 Å². The minimum Gasteiger partial charge on any atom is -0.368 e. The zero-order valence-corrected chi connectivity index (χ0v) is 19.5. The lowest BCUT2D eigenvalue weighted by Gasteiger charge is -2.27. The van der Waals surface area contributed by atoms with Crippen molar-refractivity contribution in [3.05, 3.63) is 60.1 Å². The predicted molar refractivity (Wildman–Crippen MR) is 127 cm³/mol. The van der Waals surface area contributed by atoms with Crippen molar-refractivity contribution >= 4 is 17.4 Å². The van der Waals surface area contributed by atoms with E-state index in [1.165, 1.54) is 0 Å². The van der Waals surface area contributed by atoms with Gasteiger partial charge in [-0.1, -0.05) is 29.4 Å². The van der Waals surface area contributed by atoms with Crippen LogP contribution in [0.15, 0.2) is 47.4 Å². The summed E-state index contributed by atoms with van der Waals surface area (Å²) in [4.78, 5) is 26.5. The summed E-state index contributed by atoms with van der Waals surface area (Å²) in [5, 5.41) is 6.14. The zero-order chi connectivity index (χ0) is 23.9. The maximum atomic E-state index is 12.0. The van der Waals surface area contributed by atoms with E-state index in [2.05, 4.69) is 51.7 Å². The Bertz CT molecular complexity index is 1210. The second kappa shape index (κ2) is 8.53. The average Bonchev–Trinajstić information content (AvgIpc) is 3.39. The first-order chi connectivity index (χ1) is 16.3. The molecule has 0 spiro atoms. The lowest BCUT2D eigenvalue weighted by molar-refractivity contribution is -0.129. The van der Waals surface area contributed by atoms with Gasteiger partial charge in [0.05, 0.1) is 11.0 Å². The molecule has 3 heterocycles. The van der Waals surface area contributed by atoms with Crippen molar-refractivity contribution in [1.29, 1.82) is 0 Å². The van der Waals surface area contributed by atoms with Gasteiger partial charge < -0.3 is 20.2 Å². The van der Waals surface area contributed by atoms with Crippen LogP contribution in [0.25, 0.3) is 16.7 Å². The standard InChI is InChI=1S/C24H28N8O2/c1-24(19-8-9-19,18-6-4-15(5-7-18)16-10-26-23(25)27-11-16)22-29-21(34-30-22)17-12-28-32(13-17)14-20(33)31(2)3/h4-7,10-11,13,19,28H,8-9,12,14H2,1-3H3,(H2,25,26,27). The van der Waals surface area contributed by atoms with E-state index in [0.29, 0.717) is 24.2 Å². The summed E-state index contributed by atoms with van der Waals surface area (Å²) >= 11 is 0. The van der Waals surface area contributed by atoms with Gasteiger partial charge in [-0.2, -0.15) is 4.98 Å². The van der Waals surface area contributed by atoms with Crippen molar-refractivity contribution in [3.63, 3.8) is 0 Å². The van der Waals surface area contributed by atoms with Gasteiger partial charge in [0.15, 0.2) is 5.82 Å². The molecule has 1 aromatic carbocycles. The first kappa shape index (κ1) is 22.0. The highest BCUT2D eigenvalue weighted by Gasteiger charge is 2.47. The lowest BCUT2D eigenvalue weighted by Crippen LogP contribution is -2.38. The highest BCUT2D eigenvalue weighted by Crippen LogP contribution is 2.50. The largest absolute Gasteiger partial charge is 0.368 e. The Morgan fingerprint density at radius 1 is 1.21 bits per heavy atom. The van der Waals surface area contributed by atoms with Gasteiger partial charge in [-0.15, -0.1) is 0 Å². The number of hydrogen-bond donors (Lipinski definition) is 2. The zero-order valence-electron chi connectivity index (χ0n) is 19.5. The number of likely N-dealkylation sites (N-methyl/N-ethyl adjacent to an activating group) is 1. The number of aromatic nitrogens is 4. The third-order valence-corrected chi connectivity index (χ3v) is 6.64. The minimum absolute atomic E-state index is 0.00602. The van der Waals surface area contributed by atoms with Crippen LogP contribution in [0.2, 0.25) is 0 Å². The van der Waals surface area contributed by atoms with Crippen LogP contribution in [0, 0.1) is 5.92 Å². The topological polar surface area (TPSA) is 126 Å². The van der Waals surface area contributed by atoms with Crippen molar-refractivity contribution in [2.24, 2.45) is 5.92 Å². The summed E-state index contributed by atoms with van der Waals surface area (Å²) in [6.45, 7) is 2.95. The maximum Gasteiger partial charge on any atom is 0.256 e. The maximum absolute atomic E-state index is 12.0. The Hall–Kier alpha value is -3.79. The normalized spacial score (nSPS) is 17.4. The molecule has 1 fully saturated rings. The molecular weight excluding hydrogens is 432 g/mol. The summed E-state index contributed by atoms with van der Waals surface area (Å²) in [7, 11) is 3.48. The van der Waals surface area contributed by atoms with Gasteiger partial charge in [-0.05, 0) is 36.8 Å². The van der Waals surface area contributed by atoms with Crippen molar-refractivity contribution in [1.82, 2.24) is 35.4 Å². The molecule has 0 bridgehead atoms. The Kier molecular flexibility index (Phi) is 5.52. The summed E-state index contributed by atoms with van der Waals surface area (Å²) in [6, 6.07) is 8.36. The van der Waals surface area contributed by atoms with Crippen LogP contribution in [0.1, 0.15) is 37.0 Å². The first-order valence-corrected chi connectivity index (χ1v) is 11.3. The molecule has 3 N–H and O–H groups in total. The van der Waals surface area contributed by atoms with Crippen molar-refractivity contribution < 1.29 is 9.32 Å². The Morgan fingerprint density at radius 3 is 2.56 bits per heavy atom. The quantitative estimate of drug-likeness (QED) is 0.545. The molecule has 1 atom stereocenters. The predicted octanol–water partition coefficient (Wildman–Crippen LogP) is 2.07. The number of rotatable bonds is 7. The first-order valence-electron chi connectivity index (χ1n) is 11.3. The summed E-state index contributed by atoms with van der Waals surface area (Å²) in [5.74, 6) is 1.87. The fourth-order valence-electron chi connectivity index (χ4n) is 4.25. The van der Waals surface area contributed by atoms with Crippen molar-refractivity contribution in [2.45, 2.75) is 25.2 Å². The number of anilines is 1. The van der Waals surface area contributed by atoms with Gasteiger partial charge in [0, 0.05) is 44.8 Å². The Labute approximate surface area is 197 Å².